The molecule has 2 aromatic rings. The molecule has 1 saturated heterocycles. The molecule has 0 spiro atoms. The lowest BCUT2D eigenvalue weighted by molar-refractivity contribution is 0.0938. The van der Waals surface area contributed by atoms with E-state index in [1.54, 1.807) is 13.0 Å². The molecule has 1 N–H and O–H groups in total. The zero-order chi connectivity index (χ0) is 16.1. The Hall–Kier alpha value is -2.34. The van der Waals surface area contributed by atoms with Crippen molar-refractivity contribution in [2.75, 3.05) is 44.2 Å². The van der Waals surface area contributed by atoms with Crippen LogP contribution in [-0.4, -0.2) is 55.2 Å². The lowest BCUT2D eigenvalue weighted by Crippen LogP contribution is -2.48. The molecule has 23 heavy (non-hydrogen) atoms. The van der Waals surface area contributed by atoms with E-state index >= 15 is 0 Å². The van der Waals surface area contributed by atoms with Crippen LogP contribution in [-0.2, 0) is 0 Å². The van der Waals surface area contributed by atoms with Crippen LogP contribution in [0.5, 0.6) is 0 Å². The molecule has 1 aliphatic rings. The summed E-state index contributed by atoms with van der Waals surface area (Å²) in [5.74, 6) is 0.469. The fraction of sp³-hybridized carbons (Fsp3) is 0.412. The molecular formula is C17H22N4O2. The van der Waals surface area contributed by atoms with E-state index in [2.05, 4.69) is 44.5 Å². The lowest BCUT2D eigenvalue weighted by Gasteiger charge is -2.36. The molecule has 0 aliphatic carbocycles. The monoisotopic (exact) mass is 314 g/mol. The van der Waals surface area contributed by atoms with Gasteiger partial charge < -0.3 is 14.7 Å². The molecule has 2 heterocycles. The molecule has 1 aromatic heterocycles. The van der Waals surface area contributed by atoms with Crippen molar-refractivity contribution in [3.8, 4) is 0 Å². The van der Waals surface area contributed by atoms with Crippen molar-refractivity contribution in [2.24, 2.45) is 0 Å². The van der Waals surface area contributed by atoms with Crippen molar-refractivity contribution in [3.05, 3.63) is 47.9 Å². The van der Waals surface area contributed by atoms with Gasteiger partial charge in [-0.3, -0.25) is 9.69 Å². The van der Waals surface area contributed by atoms with Crippen LogP contribution in [0.15, 0.2) is 40.9 Å². The average molecular weight is 314 g/mol. The first-order valence-electron chi connectivity index (χ1n) is 7.96. The Balaban J connectivity index is 1.39. The number of para-hydroxylation sites is 1. The molecule has 0 saturated carbocycles. The number of piperazine rings is 1. The molecule has 0 bridgehead atoms. The highest BCUT2D eigenvalue weighted by atomic mass is 16.5. The van der Waals surface area contributed by atoms with Gasteiger partial charge in [0.15, 0.2) is 5.69 Å². The Morgan fingerprint density at radius 1 is 1.22 bits per heavy atom. The summed E-state index contributed by atoms with van der Waals surface area (Å²) < 4.78 is 4.91. The Bertz CT molecular complexity index is 633. The van der Waals surface area contributed by atoms with E-state index in [0.29, 0.717) is 18.0 Å². The number of nitrogens with zero attached hydrogens (tertiary/aromatic N) is 3. The highest BCUT2D eigenvalue weighted by Gasteiger charge is 2.17. The Morgan fingerprint density at radius 3 is 2.61 bits per heavy atom. The summed E-state index contributed by atoms with van der Waals surface area (Å²) in [6.45, 7) is 7.29. The fourth-order valence-electron chi connectivity index (χ4n) is 2.76. The summed E-state index contributed by atoms with van der Waals surface area (Å²) in [7, 11) is 0. The van der Waals surface area contributed by atoms with Crippen molar-refractivity contribution in [3.63, 3.8) is 0 Å². The predicted octanol–water partition coefficient (Wildman–Crippen LogP) is 1.54. The van der Waals surface area contributed by atoms with Crippen LogP contribution in [0.1, 0.15) is 16.2 Å². The third-order valence-corrected chi connectivity index (χ3v) is 4.07. The third kappa shape index (κ3) is 4.10. The first kappa shape index (κ1) is 15.6. The number of benzene rings is 1. The maximum Gasteiger partial charge on any atom is 0.273 e. The van der Waals surface area contributed by atoms with Gasteiger partial charge in [-0.05, 0) is 19.1 Å². The summed E-state index contributed by atoms with van der Waals surface area (Å²) in [5, 5.41) is 6.60. The van der Waals surface area contributed by atoms with Gasteiger partial charge in [0.25, 0.3) is 5.91 Å². The van der Waals surface area contributed by atoms with E-state index in [9.17, 15) is 4.79 Å². The molecule has 1 amide bonds. The molecule has 6 nitrogen and oxygen atoms in total. The number of aromatic nitrogens is 1. The number of amides is 1. The molecule has 1 aliphatic heterocycles. The van der Waals surface area contributed by atoms with E-state index in [1.807, 2.05) is 6.07 Å². The molecule has 6 heteroatoms. The minimum absolute atomic E-state index is 0.176. The van der Waals surface area contributed by atoms with E-state index in [4.69, 9.17) is 4.52 Å². The molecule has 3 rings (SSSR count). The van der Waals surface area contributed by atoms with Gasteiger partial charge in [-0.2, -0.15) is 0 Å². The van der Waals surface area contributed by atoms with E-state index in [0.717, 1.165) is 32.7 Å². The number of carbonyl (C=O) groups excluding carboxylic acids is 1. The van der Waals surface area contributed by atoms with E-state index in [1.165, 1.54) is 5.69 Å². The predicted molar refractivity (Wildman–Crippen MR) is 88.7 cm³/mol. The summed E-state index contributed by atoms with van der Waals surface area (Å²) in [6.07, 6.45) is 0. The minimum Gasteiger partial charge on any atom is -0.369 e. The number of hydrogen-bond donors (Lipinski definition) is 1. The van der Waals surface area contributed by atoms with Gasteiger partial charge >= 0.3 is 0 Å². The zero-order valence-electron chi connectivity index (χ0n) is 13.4. The number of rotatable bonds is 5. The third-order valence-electron chi connectivity index (χ3n) is 4.07. The van der Waals surface area contributed by atoms with Crippen molar-refractivity contribution in [1.82, 2.24) is 15.4 Å². The molecule has 0 unspecified atom stereocenters. The smallest absolute Gasteiger partial charge is 0.273 e. The average Bonchev–Trinajstić information content (AvgIpc) is 3.03. The van der Waals surface area contributed by atoms with Crippen LogP contribution in [0, 0.1) is 6.92 Å². The topological polar surface area (TPSA) is 61.6 Å². The van der Waals surface area contributed by atoms with Crippen molar-refractivity contribution in [1.29, 1.82) is 0 Å². The van der Waals surface area contributed by atoms with Gasteiger partial charge in [0.2, 0.25) is 0 Å². The first-order valence-corrected chi connectivity index (χ1v) is 7.96. The van der Waals surface area contributed by atoms with Gasteiger partial charge in [0, 0.05) is 51.0 Å². The molecule has 1 fully saturated rings. The number of carbonyl (C=O) groups is 1. The fourth-order valence-corrected chi connectivity index (χ4v) is 2.76. The highest BCUT2D eigenvalue weighted by molar-refractivity contribution is 5.92. The Labute approximate surface area is 136 Å². The van der Waals surface area contributed by atoms with Crippen molar-refractivity contribution >= 4 is 11.6 Å². The lowest BCUT2D eigenvalue weighted by atomic mass is 10.2. The largest absolute Gasteiger partial charge is 0.369 e. The van der Waals surface area contributed by atoms with Crippen LogP contribution < -0.4 is 10.2 Å². The van der Waals surface area contributed by atoms with Gasteiger partial charge in [0.1, 0.15) is 5.76 Å². The van der Waals surface area contributed by atoms with Crippen LogP contribution >= 0.6 is 0 Å². The van der Waals surface area contributed by atoms with Crippen LogP contribution in [0.25, 0.3) is 0 Å². The highest BCUT2D eigenvalue weighted by Crippen LogP contribution is 2.15. The van der Waals surface area contributed by atoms with Crippen LogP contribution in [0.4, 0.5) is 5.69 Å². The molecule has 0 atom stereocenters. The number of nitrogens with one attached hydrogen (secondary N) is 1. The van der Waals surface area contributed by atoms with Crippen molar-refractivity contribution in [2.45, 2.75) is 6.92 Å². The number of anilines is 1. The number of aryl methyl sites for hydroxylation is 1. The molecular weight excluding hydrogens is 292 g/mol. The van der Waals surface area contributed by atoms with Gasteiger partial charge in [-0.15, -0.1) is 0 Å². The summed E-state index contributed by atoms with van der Waals surface area (Å²) in [4.78, 5) is 16.6. The standard InChI is InChI=1S/C17H22N4O2/c1-14-13-16(19-23-14)17(22)18-7-8-20-9-11-21(12-10-20)15-5-3-2-4-6-15/h2-6,13H,7-12H2,1H3,(H,18,22). The summed E-state index contributed by atoms with van der Waals surface area (Å²) in [6, 6.07) is 12.1. The summed E-state index contributed by atoms with van der Waals surface area (Å²) >= 11 is 0. The maximum absolute atomic E-state index is 11.9. The molecule has 0 radical (unpaired) electrons. The van der Waals surface area contributed by atoms with E-state index < -0.39 is 0 Å². The van der Waals surface area contributed by atoms with Crippen LogP contribution in [0.2, 0.25) is 0 Å². The molecule has 122 valence electrons. The first-order chi connectivity index (χ1) is 11.2. The number of hydrogen-bond acceptors (Lipinski definition) is 5. The Morgan fingerprint density at radius 2 is 1.96 bits per heavy atom. The summed E-state index contributed by atoms with van der Waals surface area (Å²) in [5.41, 5.74) is 1.62. The second-order valence-electron chi connectivity index (χ2n) is 5.74. The van der Waals surface area contributed by atoms with Gasteiger partial charge in [0.05, 0.1) is 0 Å². The Kier molecular flexibility index (Phi) is 4.92. The van der Waals surface area contributed by atoms with Crippen molar-refractivity contribution < 1.29 is 9.32 Å². The second kappa shape index (κ2) is 7.28. The van der Waals surface area contributed by atoms with Gasteiger partial charge in [-0.25, -0.2) is 0 Å². The van der Waals surface area contributed by atoms with Gasteiger partial charge in [-0.1, -0.05) is 23.4 Å². The maximum atomic E-state index is 11.9. The minimum atomic E-state index is -0.176. The van der Waals surface area contributed by atoms with Crippen LogP contribution in [0.3, 0.4) is 0 Å². The quantitative estimate of drug-likeness (QED) is 0.907. The second-order valence-corrected chi connectivity index (χ2v) is 5.74. The molecule has 1 aromatic carbocycles. The van der Waals surface area contributed by atoms with E-state index in [-0.39, 0.29) is 5.91 Å². The zero-order valence-corrected chi connectivity index (χ0v) is 13.4. The normalized spacial score (nSPS) is 15.6. The SMILES string of the molecule is Cc1cc(C(=O)NCCN2CCN(c3ccccc3)CC2)no1.